The van der Waals surface area contributed by atoms with Crippen molar-refractivity contribution < 1.29 is 4.74 Å². The van der Waals surface area contributed by atoms with E-state index in [1.54, 1.807) is 7.11 Å². The van der Waals surface area contributed by atoms with Crippen LogP contribution < -0.4 is 15.0 Å². The van der Waals surface area contributed by atoms with Crippen molar-refractivity contribution in [3.8, 4) is 5.75 Å². The number of nitrogens with one attached hydrogen (secondary N) is 1. The third-order valence-electron chi connectivity index (χ3n) is 5.50. The molecule has 0 radical (unpaired) electrons. The molecule has 3 aromatic carbocycles. The van der Waals surface area contributed by atoms with E-state index in [4.69, 9.17) is 22.3 Å². The first-order valence-corrected chi connectivity index (χ1v) is 11.8. The highest BCUT2D eigenvalue weighted by Crippen LogP contribution is 2.38. The summed E-state index contributed by atoms with van der Waals surface area (Å²) in [4.78, 5) is 8.18. The monoisotopic (exact) mass is 510 g/mol. The van der Waals surface area contributed by atoms with Crippen molar-refractivity contribution in [1.82, 2.24) is 9.55 Å². The maximum Gasteiger partial charge on any atom is 0.208 e. The van der Waals surface area contributed by atoms with E-state index >= 15 is 0 Å². The van der Waals surface area contributed by atoms with E-state index in [9.17, 15) is 0 Å². The summed E-state index contributed by atoms with van der Waals surface area (Å²) in [5.41, 5.74) is 6.16. The Balaban J connectivity index is 1.84. The van der Waals surface area contributed by atoms with E-state index in [2.05, 4.69) is 74.9 Å². The molecule has 0 aliphatic carbocycles. The van der Waals surface area contributed by atoms with Crippen LogP contribution >= 0.6 is 28.6 Å². The average Bonchev–Trinajstić information content (AvgIpc) is 3.10. The van der Waals surface area contributed by atoms with Gasteiger partial charge in [0.1, 0.15) is 5.75 Å². The van der Waals surface area contributed by atoms with E-state index in [1.807, 2.05) is 31.3 Å². The largest absolute Gasteiger partial charge is 0.495 e. The number of benzene rings is 3. The molecule has 1 heterocycles. The molecule has 0 unspecified atom stereocenters. The molecule has 0 bridgehead atoms. The molecule has 0 saturated heterocycles. The number of hydrogen-bond donors (Lipinski definition) is 2. The molecule has 32 heavy (non-hydrogen) atoms. The summed E-state index contributed by atoms with van der Waals surface area (Å²) in [5.74, 6) is 1.52. The molecule has 0 saturated carbocycles. The lowest BCUT2D eigenvalue weighted by atomic mass is 10.2. The zero-order valence-electron chi connectivity index (χ0n) is 18.7. The fourth-order valence-corrected chi connectivity index (χ4v) is 4.84. The molecule has 0 aliphatic heterocycles. The van der Waals surface area contributed by atoms with Crippen LogP contribution in [-0.2, 0) is 7.05 Å². The van der Waals surface area contributed by atoms with Gasteiger partial charge in [-0.3, -0.25) is 0 Å². The van der Waals surface area contributed by atoms with Gasteiger partial charge in [0, 0.05) is 23.0 Å². The summed E-state index contributed by atoms with van der Waals surface area (Å²) < 4.78 is 8.70. The number of methoxy groups -OCH3 is 1. The Hall–Kier alpha value is -2.64. The Labute approximate surface area is 203 Å². The molecule has 0 aliphatic rings. The minimum Gasteiger partial charge on any atom is -0.495 e. The summed E-state index contributed by atoms with van der Waals surface area (Å²) >= 11 is 8.26. The van der Waals surface area contributed by atoms with E-state index in [-0.39, 0.29) is 0 Å². The highest BCUT2D eigenvalue weighted by atomic mass is 79.9. The number of ether oxygens (including phenoxy) is 1. The smallest absolute Gasteiger partial charge is 0.208 e. The van der Waals surface area contributed by atoms with Crippen LogP contribution in [0.2, 0.25) is 0 Å². The number of rotatable bonds is 7. The first-order chi connectivity index (χ1) is 15.4. The molecule has 4 aromatic rings. The molecule has 0 amide bonds. The van der Waals surface area contributed by atoms with Crippen LogP contribution in [-0.4, -0.2) is 23.2 Å². The van der Waals surface area contributed by atoms with Crippen molar-refractivity contribution in [3.05, 3.63) is 64.6 Å². The number of nitrogens with zero attached hydrogens (tertiary/aromatic N) is 3. The fraction of sp³-hybridized carbons (Fsp3) is 0.240. The third-order valence-corrected chi connectivity index (χ3v) is 6.34. The number of halogens is 1. The van der Waals surface area contributed by atoms with Crippen LogP contribution in [0.5, 0.6) is 5.75 Å². The molecule has 0 spiro atoms. The normalized spacial score (nSPS) is 11.1. The second kappa shape index (κ2) is 9.46. The van der Waals surface area contributed by atoms with Gasteiger partial charge in [-0.2, -0.15) is 0 Å². The number of imidazole rings is 1. The molecular weight excluding hydrogens is 484 g/mol. The molecule has 0 fully saturated rings. The Bertz CT molecular complexity index is 1270. The van der Waals surface area contributed by atoms with Crippen LogP contribution in [0.3, 0.4) is 0 Å². The van der Waals surface area contributed by atoms with Gasteiger partial charge >= 0.3 is 0 Å². The first-order valence-electron chi connectivity index (χ1n) is 10.6. The van der Waals surface area contributed by atoms with Gasteiger partial charge in [0.05, 0.1) is 35.2 Å². The molecule has 4 rings (SSSR count). The summed E-state index contributed by atoms with van der Waals surface area (Å²) in [5, 5.41) is 3.50. The van der Waals surface area contributed by atoms with Crippen LogP contribution in [0.25, 0.3) is 11.0 Å². The van der Waals surface area contributed by atoms with Gasteiger partial charge in [-0.05, 0) is 55.3 Å². The number of thiol groups is 1. The molecule has 166 valence electrons. The van der Waals surface area contributed by atoms with Crippen molar-refractivity contribution in [2.75, 3.05) is 23.9 Å². The van der Waals surface area contributed by atoms with Crippen molar-refractivity contribution in [3.63, 3.8) is 0 Å². The van der Waals surface area contributed by atoms with Crippen molar-refractivity contribution in [2.24, 2.45) is 7.05 Å². The average molecular weight is 511 g/mol. The summed E-state index contributed by atoms with van der Waals surface area (Å²) in [6.07, 6.45) is 1.01. The number of aryl methyl sites for hydroxylation is 2. The second-order valence-corrected chi connectivity index (χ2v) is 9.10. The van der Waals surface area contributed by atoms with Gasteiger partial charge in [-0.15, -0.1) is 12.6 Å². The summed E-state index contributed by atoms with van der Waals surface area (Å²) in [6, 6.07) is 18.5. The highest BCUT2D eigenvalue weighted by Gasteiger charge is 2.19. The molecule has 5 nitrogen and oxygen atoms in total. The van der Waals surface area contributed by atoms with Gasteiger partial charge in [-0.1, -0.05) is 41.1 Å². The second-order valence-electron chi connectivity index (χ2n) is 7.70. The van der Waals surface area contributed by atoms with E-state index in [1.165, 1.54) is 0 Å². The van der Waals surface area contributed by atoms with Gasteiger partial charge in [0.15, 0.2) is 0 Å². The maximum atomic E-state index is 5.61. The lowest BCUT2D eigenvalue weighted by Crippen LogP contribution is -2.19. The Morgan fingerprint density at radius 2 is 1.88 bits per heavy atom. The fourth-order valence-electron chi connectivity index (χ4n) is 4.01. The lowest BCUT2D eigenvalue weighted by Gasteiger charge is -2.27. The number of aromatic nitrogens is 2. The number of hydrogen-bond acceptors (Lipinski definition) is 5. The van der Waals surface area contributed by atoms with Crippen LogP contribution in [0.1, 0.15) is 18.9 Å². The van der Waals surface area contributed by atoms with E-state index < -0.39 is 0 Å². The van der Waals surface area contributed by atoms with Crippen LogP contribution in [0.4, 0.5) is 23.0 Å². The molecule has 1 N–H and O–H groups in total. The predicted molar refractivity (Wildman–Crippen MR) is 140 cm³/mol. The van der Waals surface area contributed by atoms with Gasteiger partial charge < -0.3 is 19.5 Å². The summed E-state index contributed by atoms with van der Waals surface area (Å²) in [6.45, 7) is 5.12. The lowest BCUT2D eigenvalue weighted by molar-refractivity contribution is 0.416. The zero-order valence-corrected chi connectivity index (χ0v) is 21.2. The standard InChI is InChI=1S/C25H27BrN4OS/c1-5-13-30(19-10-6-7-12-22(19)32)20-11-8-9-18-24(20)29(3)25(27-18)28-23-16(2)14-17(26)15-21(23)31-4/h6-12,14-15,32H,5,13H2,1-4H3,(H,27,28). The Morgan fingerprint density at radius 3 is 2.59 bits per heavy atom. The van der Waals surface area contributed by atoms with Gasteiger partial charge in [-0.25, -0.2) is 4.98 Å². The molecule has 7 heteroatoms. The zero-order chi connectivity index (χ0) is 22.8. The SMILES string of the molecule is CCCN(c1ccccc1S)c1cccc2nc(Nc3c(C)cc(Br)cc3OC)n(C)c12. The molecular formula is C25H27BrN4OS. The van der Waals surface area contributed by atoms with Gasteiger partial charge in [0.25, 0.3) is 0 Å². The first kappa shape index (κ1) is 22.6. The van der Waals surface area contributed by atoms with Crippen LogP contribution in [0.15, 0.2) is 64.0 Å². The third kappa shape index (κ3) is 4.19. The predicted octanol–water partition coefficient (Wildman–Crippen LogP) is 7.23. The minimum absolute atomic E-state index is 0.756. The number of fused-ring (bicyclic) bond motifs is 1. The summed E-state index contributed by atoms with van der Waals surface area (Å²) in [7, 11) is 3.72. The maximum absolute atomic E-state index is 5.61. The van der Waals surface area contributed by atoms with Crippen molar-refractivity contribution in [1.29, 1.82) is 0 Å². The van der Waals surface area contributed by atoms with E-state index in [0.717, 1.165) is 67.7 Å². The van der Waals surface area contributed by atoms with Crippen molar-refractivity contribution in [2.45, 2.75) is 25.2 Å². The number of anilines is 4. The minimum atomic E-state index is 0.756. The highest BCUT2D eigenvalue weighted by molar-refractivity contribution is 9.10. The van der Waals surface area contributed by atoms with Crippen LogP contribution in [0, 0.1) is 6.92 Å². The Morgan fingerprint density at radius 1 is 1.12 bits per heavy atom. The number of para-hydroxylation sites is 2. The van der Waals surface area contributed by atoms with Gasteiger partial charge in [0.2, 0.25) is 5.95 Å². The van der Waals surface area contributed by atoms with Crippen molar-refractivity contribution >= 4 is 62.6 Å². The Kier molecular flexibility index (Phi) is 6.67. The van der Waals surface area contributed by atoms with E-state index in [0.29, 0.717) is 0 Å². The molecule has 1 aromatic heterocycles. The molecule has 0 atom stereocenters. The quantitative estimate of drug-likeness (QED) is 0.257. The topological polar surface area (TPSA) is 42.3 Å².